The van der Waals surface area contributed by atoms with Crippen LogP contribution in [0.4, 0.5) is 5.69 Å². The van der Waals surface area contributed by atoms with Gasteiger partial charge in [0.1, 0.15) is 11.3 Å². The van der Waals surface area contributed by atoms with Crippen molar-refractivity contribution in [1.29, 1.82) is 0 Å². The molecule has 1 saturated carbocycles. The number of hydrogen-bond donors (Lipinski definition) is 3. The molecule has 1 aliphatic rings. The van der Waals surface area contributed by atoms with Crippen molar-refractivity contribution in [2.75, 3.05) is 25.5 Å². The standard InChI is InChI=1S/C26H35N3O3/c1-19(2)20-7-9-21(10-8-20)24(30)29-26(15-5-4-6-16-26)25(31)28-18-17-27-22-11-13-23(32-3)14-12-22/h7-14,19,27H,4-6,15-18H2,1-3H3,(H,28,31)(H,29,30). The highest BCUT2D eigenvalue weighted by atomic mass is 16.5. The average molecular weight is 438 g/mol. The number of anilines is 1. The zero-order valence-electron chi connectivity index (χ0n) is 19.4. The molecule has 0 unspecified atom stereocenters. The van der Waals surface area contributed by atoms with Crippen molar-refractivity contribution in [3.8, 4) is 5.75 Å². The molecule has 3 rings (SSSR count). The van der Waals surface area contributed by atoms with Gasteiger partial charge in [-0.3, -0.25) is 9.59 Å². The molecule has 2 aromatic carbocycles. The van der Waals surface area contributed by atoms with Gasteiger partial charge in [-0.25, -0.2) is 0 Å². The number of benzene rings is 2. The van der Waals surface area contributed by atoms with Gasteiger partial charge in [-0.15, -0.1) is 0 Å². The van der Waals surface area contributed by atoms with Crippen LogP contribution in [0.3, 0.4) is 0 Å². The number of amides is 2. The van der Waals surface area contributed by atoms with Crippen molar-refractivity contribution < 1.29 is 14.3 Å². The first-order valence-corrected chi connectivity index (χ1v) is 11.5. The average Bonchev–Trinajstić information content (AvgIpc) is 2.82. The van der Waals surface area contributed by atoms with Crippen LogP contribution in [-0.4, -0.2) is 37.6 Å². The van der Waals surface area contributed by atoms with Crippen molar-refractivity contribution in [3.05, 3.63) is 59.7 Å². The predicted octanol–water partition coefficient (Wildman–Crippen LogP) is 4.48. The van der Waals surface area contributed by atoms with E-state index in [4.69, 9.17) is 4.74 Å². The third-order valence-electron chi connectivity index (χ3n) is 6.16. The molecule has 0 bridgehead atoms. The van der Waals surface area contributed by atoms with Crippen LogP contribution in [0, 0.1) is 0 Å². The number of carbonyl (C=O) groups is 2. The molecule has 1 fully saturated rings. The number of rotatable bonds is 9. The fraction of sp³-hybridized carbons (Fsp3) is 0.462. The molecule has 0 atom stereocenters. The van der Waals surface area contributed by atoms with Gasteiger partial charge in [0.15, 0.2) is 0 Å². The molecule has 0 saturated heterocycles. The Balaban J connectivity index is 1.57. The molecule has 32 heavy (non-hydrogen) atoms. The van der Waals surface area contributed by atoms with E-state index in [0.717, 1.165) is 30.7 Å². The van der Waals surface area contributed by atoms with Gasteiger partial charge < -0.3 is 20.7 Å². The van der Waals surface area contributed by atoms with E-state index in [-0.39, 0.29) is 11.8 Å². The van der Waals surface area contributed by atoms with E-state index in [1.54, 1.807) is 7.11 Å². The van der Waals surface area contributed by atoms with Gasteiger partial charge in [0.05, 0.1) is 7.11 Å². The van der Waals surface area contributed by atoms with Crippen molar-refractivity contribution in [1.82, 2.24) is 10.6 Å². The minimum absolute atomic E-state index is 0.0964. The lowest BCUT2D eigenvalue weighted by Gasteiger charge is -2.36. The third kappa shape index (κ3) is 6.02. The smallest absolute Gasteiger partial charge is 0.252 e. The van der Waals surface area contributed by atoms with Gasteiger partial charge in [-0.2, -0.15) is 0 Å². The Bertz CT molecular complexity index is 886. The van der Waals surface area contributed by atoms with Crippen LogP contribution >= 0.6 is 0 Å². The van der Waals surface area contributed by atoms with Gasteiger partial charge in [0.2, 0.25) is 5.91 Å². The summed E-state index contributed by atoms with van der Waals surface area (Å²) in [5.41, 5.74) is 1.90. The molecule has 0 spiro atoms. The second-order valence-corrected chi connectivity index (χ2v) is 8.78. The van der Waals surface area contributed by atoms with E-state index < -0.39 is 5.54 Å². The minimum atomic E-state index is -0.841. The van der Waals surface area contributed by atoms with Gasteiger partial charge in [0, 0.05) is 24.3 Å². The Morgan fingerprint density at radius 1 is 0.938 bits per heavy atom. The van der Waals surface area contributed by atoms with Gasteiger partial charge in [-0.05, 0) is 60.7 Å². The first-order chi connectivity index (χ1) is 15.4. The first kappa shape index (κ1) is 23.6. The molecule has 0 radical (unpaired) electrons. The fourth-order valence-electron chi connectivity index (χ4n) is 4.13. The number of methoxy groups -OCH3 is 1. The quantitative estimate of drug-likeness (QED) is 0.506. The highest BCUT2D eigenvalue weighted by molar-refractivity contribution is 5.99. The first-order valence-electron chi connectivity index (χ1n) is 11.5. The number of nitrogens with one attached hydrogen (secondary N) is 3. The maximum atomic E-state index is 13.2. The normalized spacial score (nSPS) is 15.1. The Morgan fingerprint density at radius 2 is 1.59 bits per heavy atom. The topological polar surface area (TPSA) is 79.5 Å². The summed E-state index contributed by atoms with van der Waals surface area (Å²) < 4.78 is 5.17. The van der Waals surface area contributed by atoms with Crippen LogP contribution in [0.5, 0.6) is 5.75 Å². The SMILES string of the molecule is COc1ccc(NCCNC(=O)C2(NC(=O)c3ccc(C(C)C)cc3)CCCCC2)cc1. The van der Waals surface area contributed by atoms with Crippen molar-refractivity contribution >= 4 is 17.5 Å². The fourth-order valence-corrected chi connectivity index (χ4v) is 4.13. The van der Waals surface area contributed by atoms with E-state index >= 15 is 0 Å². The van der Waals surface area contributed by atoms with Gasteiger partial charge >= 0.3 is 0 Å². The largest absolute Gasteiger partial charge is 0.497 e. The Hall–Kier alpha value is -3.02. The molecule has 6 nitrogen and oxygen atoms in total. The number of ether oxygens (including phenoxy) is 1. The Labute approximate surface area is 191 Å². The van der Waals surface area contributed by atoms with E-state index in [0.29, 0.717) is 37.4 Å². The summed E-state index contributed by atoms with van der Waals surface area (Å²) >= 11 is 0. The van der Waals surface area contributed by atoms with E-state index in [2.05, 4.69) is 29.8 Å². The lowest BCUT2D eigenvalue weighted by atomic mass is 9.80. The zero-order chi connectivity index (χ0) is 23.0. The van der Waals surface area contributed by atoms with Crippen molar-refractivity contribution in [3.63, 3.8) is 0 Å². The molecular weight excluding hydrogens is 402 g/mol. The minimum Gasteiger partial charge on any atom is -0.497 e. The van der Waals surface area contributed by atoms with E-state index in [1.807, 2.05) is 48.5 Å². The summed E-state index contributed by atoms with van der Waals surface area (Å²) in [6.07, 6.45) is 4.29. The summed E-state index contributed by atoms with van der Waals surface area (Å²) in [4.78, 5) is 26.1. The lowest BCUT2D eigenvalue weighted by molar-refractivity contribution is -0.128. The predicted molar refractivity (Wildman–Crippen MR) is 128 cm³/mol. The molecule has 2 aromatic rings. The highest BCUT2D eigenvalue weighted by Crippen LogP contribution is 2.29. The number of hydrogen-bond acceptors (Lipinski definition) is 4. The summed E-state index contributed by atoms with van der Waals surface area (Å²) in [7, 11) is 1.64. The van der Waals surface area contributed by atoms with Crippen LogP contribution < -0.4 is 20.7 Å². The van der Waals surface area contributed by atoms with Crippen LogP contribution in [0.15, 0.2) is 48.5 Å². The maximum absolute atomic E-state index is 13.2. The summed E-state index contributed by atoms with van der Waals surface area (Å²) in [6.45, 7) is 5.32. The Kier molecular flexibility index (Phi) is 8.14. The van der Waals surface area contributed by atoms with Crippen LogP contribution in [0.25, 0.3) is 0 Å². The van der Waals surface area contributed by atoms with Gasteiger partial charge in [-0.1, -0.05) is 45.2 Å². The molecular formula is C26H35N3O3. The van der Waals surface area contributed by atoms with Crippen LogP contribution in [0.1, 0.15) is 67.8 Å². The molecule has 1 aliphatic carbocycles. The van der Waals surface area contributed by atoms with Gasteiger partial charge in [0.25, 0.3) is 5.91 Å². The highest BCUT2D eigenvalue weighted by Gasteiger charge is 2.40. The second-order valence-electron chi connectivity index (χ2n) is 8.78. The monoisotopic (exact) mass is 437 g/mol. The lowest BCUT2D eigenvalue weighted by Crippen LogP contribution is -2.60. The number of carbonyl (C=O) groups excluding carboxylic acids is 2. The van der Waals surface area contributed by atoms with Crippen molar-refractivity contribution in [2.45, 2.75) is 57.4 Å². The molecule has 0 aromatic heterocycles. The van der Waals surface area contributed by atoms with Crippen LogP contribution in [-0.2, 0) is 4.79 Å². The van der Waals surface area contributed by atoms with Crippen LogP contribution in [0.2, 0.25) is 0 Å². The molecule has 3 N–H and O–H groups in total. The zero-order valence-corrected chi connectivity index (χ0v) is 19.4. The molecule has 0 heterocycles. The maximum Gasteiger partial charge on any atom is 0.252 e. The van der Waals surface area contributed by atoms with E-state index in [9.17, 15) is 9.59 Å². The summed E-state index contributed by atoms with van der Waals surface area (Å²) in [5.74, 6) is 0.932. The summed E-state index contributed by atoms with van der Waals surface area (Å²) in [6, 6.07) is 15.3. The second kappa shape index (κ2) is 11.0. The van der Waals surface area contributed by atoms with E-state index in [1.165, 1.54) is 5.56 Å². The molecule has 0 aliphatic heterocycles. The molecule has 172 valence electrons. The summed E-state index contributed by atoms with van der Waals surface area (Å²) in [5, 5.41) is 9.40. The third-order valence-corrected chi connectivity index (χ3v) is 6.16. The van der Waals surface area contributed by atoms with Crippen molar-refractivity contribution in [2.24, 2.45) is 0 Å². The molecule has 6 heteroatoms. The molecule has 2 amide bonds. The Morgan fingerprint density at radius 3 is 2.19 bits per heavy atom.